The van der Waals surface area contributed by atoms with Gasteiger partial charge in [-0.2, -0.15) is 0 Å². The first-order valence-electron chi connectivity index (χ1n) is 27.6. The number of unbranched alkanes of at least 4 members (excludes halogenated alkanes) is 24. The maximum atomic E-state index is 12.8. The van der Waals surface area contributed by atoms with E-state index in [1.807, 2.05) is 21.1 Å². The Bertz CT molecular complexity index is 1380. The smallest absolute Gasteiger partial charge is 0.306 e. The van der Waals surface area contributed by atoms with Gasteiger partial charge in [-0.15, -0.1) is 0 Å². The number of phosphoric ester groups is 1. The molecule has 0 saturated heterocycles. The lowest BCUT2D eigenvalue weighted by Gasteiger charge is -2.28. The van der Waals surface area contributed by atoms with Gasteiger partial charge in [0.05, 0.1) is 27.7 Å². The Morgan fingerprint density at radius 2 is 0.838 bits per heavy atom. The third kappa shape index (κ3) is 52.8. The Kier molecular flexibility index (Phi) is 47.6. The van der Waals surface area contributed by atoms with Gasteiger partial charge in [0.1, 0.15) is 19.8 Å². The summed E-state index contributed by atoms with van der Waals surface area (Å²) in [7, 11) is 1.15. The zero-order valence-corrected chi connectivity index (χ0v) is 45.4. The summed E-state index contributed by atoms with van der Waals surface area (Å²) in [4.78, 5) is 37.8. The van der Waals surface area contributed by atoms with Crippen molar-refractivity contribution in [2.45, 2.75) is 238 Å². The summed E-state index contributed by atoms with van der Waals surface area (Å²) >= 11 is 0. The molecule has 2 atom stereocenters. The molecular formula is C58H104NO8P. The summed E-state index contributed by atoms with van der Waals surface area (Å²) < 4.78 is 34.1. The molecule has 10 heteroatoms. The average Bonchev–Trinajstić information content (AvgIpc) is 3.30. The Morgan fingerprint density at radius 1 is 0.471 bits per heavy atom. The second-order valence-electron chi connectivity index (χ2n) is 19.6. The number of nitrogens with zero attached hydrogens (tertiary/aromatic N) is 1. The molecule has 0 aromatic carbocycles. The van der Waals surface area contributed by atoms with Crippen LogP contribution in [0.15, 0.2) is 72.9 Å². The van der Waals surface area contributed by atoms with Crippen LogP contribution in [0.2, 0.25) is 0 Å². The summed E-state index contributed by atoms with van der Waals surface area (Å²) in [5.41, 5.74) is 0. The van der Waals surface area contributed by atoms with Crippen molar-refractivity contribution in [2.75, 3.05) is 47.5 Å². The predicted octanol–water partition coefficient (Wildman–Crippen LogP) is 16.3. The van der Waals surface area contributed by atoms with Crippen LogP contribution >= 0.6 is 7.82 Å². The minimum Gasteiger partial charge on any atom is -0.756 e. The molecule has 9 nitrogen and oxygen atoms in total. The highest BCUT2D eigenvalue weighted by molar-refractivity contribution is 7.45. The number of carbonyl (C=O) groups is 2. The number of hydrogen-bond acceptors (Lipinski definition) is 8. The maximum absolute atomic E-state index is 12.8. The second kappa shape index (κ2) is 49.4. The number of ether oxygens (including phenoxy) is 2. The number of rotatable bonds is 50. The molecule has 0 aromatic heterocycles. The topological polar surface area (TPSA) is 111 Å². The number of hydrogen-bond donors (Lipinski definition) is 0. The second-order valence-corrected chi connectivity index (χ2v) is 21.0. The quantitative estimate of drug-likeness (QED) is 0.0195. The number of likely N-dealkylation sites (N-methyl/N-ethyl adjacent to an activating group) is 1. The van der Waals surface area contributed by atoms with Crippen LogP contribution in [-0.2, 0) is 32.7 Å². The Balaban J connectivity index is 4.25. The van der Waals surface area contributed by atoms with E-state index in [2.05, 4.69) is 86.8 Å². The van der Waals surface area contributed by atoms with Crippen molar-refractivity contribution in [3.63, 3.8) is 0 Å². The minimum atomic E-state index is -4.64. The Morgan fingerprint density at radius 3 is 1.25 bits per heavy atom. The van der Waals surface area contributed by atoms with Crippen molar-refractivity contribution in [3.8, 4) is 0 Å². The monoisotopic (exact) mass is 974 g/mol. The van der Waals surface area contributed by atoms with E-state index in [1.165, 1.54) is 103 Å². The zero-order chi connectivity index (χ0) is 49.9. The molecular weight excluding hydrogens is 870 g/mol. The molecule has 394 valence electrons. The molecule has 68 heavy (non-hydrogen) atoms. The highest BCUT2D eigenvalue weighted by atomic mass is 31.2. The third-order valence-electron chi connectivity index (χ3n) is 11.7. The molecule has 0 amide bonds. The fraction of sp³-hybridized carbons (Fsp3) is 0.759. The molecule has 2 unspecified atom stereocenters. The average molecular weight is 974 g/mol. The van der Waals surface area contributed by atoms with Crippen LogP contribution in [0.1, 0.15) is 232 Å². The van der Waals surface area contributed by atoms with Crippen LogP contribution in [0.25, 0.3) is 0 Å². The summed E-state index contributed by atoms with van der Waals surface area (Å²) in [6.07, 6.45) is 63.6. The van der Waals surface area contributed by atoms with E-state index in [0.29, 0.717) is 17.4 Å². The van der Waals surface area contributed by atoms with E-state index >= 15 is 0 Å². The first-order valence-corrected chi connectivity index (χ1v) is 29.1. The van der Waals surface area contributed by atoms with Gasteiger partial charge in [0.25, 0.3) is 7.82 Å². The maximum Gasteiger partial charge on any atom is 0.306 e. The van der Waals surface area contributed by atoms with Gasteiger partial charge in [0.15, 0.2) is 6.10 Å². The number of esters is 2. The Hall–Kier alpha value is -2.55. The summed E-state index contributed by atoms with van der Waals surface area (Å²) in [6, 6.07) is 0. The van der Waals surface area contributed by atoms with E-state index in [-0.39, 0.29) is 32.0 Å². The molecule has 0 aliphatic carbocycles. The molecule has 0 aliphatic rings. The van der Waals surface area contributed by atoms with E-state index in [0.717, 1.165) is 96.3 Å². The predicted molar refractivity (Wildman–Crippen MR) is 286 cm³/mol. The molecule has 0 heterocycles. The van der Waals surface area contributed by atoms with Crippen molar-refractivity contribution >= 4 is 19.8 Å². The van der Waals surface area contributed by atoms with Crippen LogP contribution in [-0.4, -0.2) is 70.0 Å². The fourth-order valence-electron chi connectivity index (χ4n) is 7.48. The number of phosphoric acid groups is 1. The van der Waals surface area contributed by atoms with Gasteiger partial charge in [-0.1, -0.05) is 228 Å². The van der Waals surface area contributed by atoms with Crippen LogP contribution in [0.3, 0.4) is 0 Å². The summed E-state index contributed by atoms with van der Waals surface area (Å²) in [5.74, 6) is -0.846. The van der Waals surface area contributed by atoms with Gasteiger partial charge < -0.3 is 27.9 Å². The van der Waals surface area contributed by atoms with E-state index in [4.69, 9.17) is 18.5 Å². The third-order valence-corrected chi connectivity index (χ3v) is 12.7. The number of allylic oxidation sites excluding steroid dienone is 12. The van der Waals surface area contributed by atoms with E-state index < -0.39 is 26.5 Å². The largest absolute Gasteiger partial charge is 0.756 e. The van der Waals surface area contributed by atoms with Gasteiger partial charge in [-0.3, -0.25) is 14.2 Å². The molecule has 0 radical (unpaired) electrons. The SMILES string of the molecule is CC/C=C\C/C=C\C/C=C\C/C=C\C/C=C\C/C=C\CCCCCCCCC(=O)OC(COC(=O)CCCCCCCCCCCCCCCCCCCCC)COP(=O)([O-])OCC[N+](C)(C)C. The lowest BCUT2D eigenvalue weighted by atomic mass is 10.0. The molecule has 0 spiro atoms. The lowest BCUT2D eigenvalue weighted by molar-refractivity contribution is -0.870. The van der Waals surface area contributed by atoms with Crippen LogP contribution in [0.5, 0.6) is 0 Å². The molecule has 0 saturated carbocycles. The van der Waals surface area contributed by atoms with Crippen molar-refractivity contribution in [3.05, 3.63) is 72.9 Å². The van der Waals surface area contributed by atoms with E-state index in [1.54, 1.807) is 0 Å². The highest BCUT2D eigenvalue weighted by Crippen LogP contribution is 2.38. The molecule has 0 fully saturated rings. The van der Waals surface area contributed by atoms with Crippen molar-refractivity contribution in [1.29, 1.82) is 0 Å². The molecule has 0 aromatic rings. The summed E-state index contributed by atoms with van der Waals surface area (Å²) in [5, 5.41) is 0. The van der Waals surface area contributed by atoms with E-state index in [9.17, 15) is 19.0 Å². The van der Waals surface area contributed by atoms with Gasteiger partial charge in [0.2, 0.25) is 0 Å². The molecule has 0 rings (SSSR count). The first kappa shape index (κ1) is 65.5. The van der Waals surface area contributed by atoms with Crippen molar-refractivity contribution in [1.82, 2.24) is 0 Å². The van der Waals surface area contributed by atoms with Crippen molar-refractivity contribution < 1.29 is 42.1 Å². The molecule has 0 aliphatic heterocycles. The normalized spacial score (nSPS) is 13.9. The van der Waals surface area contributed by atoms with Crippen molar-refractivity contribution in [2.24, 2.45) is 0 Å². The lowest BCUT2D eigenvalue weighted by Crippen LogP contribution is -2.37. The molecule has 0 N–H and O–H groups in total. The number of carbonyl (C=O) groups excluding carboxylic acids is 2. The van der Waals surface area contributed by atoms with Gasteiger partial charge in [-0.25, -0.2) is 0 Å². The Labute approximate surface area is 418 Å². The van der Waals surface area contributed by atoms with Crippen LogP contribution < -0.4 is 4.89 Å². The van der Waals surface area contributed by atoms with Gasteiger partial charge in [-0.05, 0) is 64.2 Å². The highest BCUT2D eigenvalue weighted by Gasteiger charge is 2.21. The van der Waals surface area contributed by atoms with Crippen LogP contribution in [0, 0.1) is 0 Å². The number of quaternary nitrogens is 1. The standard InChI is InChI=1S/C58H104NO8P/c1-6-8-10-12-14-16-18-20-22-24-26-27-28-29-30-31-33-35-37-39-41-43-45-47-49-51-58(61)67-56(55-66-68(62,63)65-53-52-59(3,4)5)54-64-57(60)50-48-46-44-42-40-38-36-34-32-25-23-21-19-17-15-13-11-9-7-2/h8,10,14,16,20,22,26-27,29-30,33,35,56H,6-7,9,11-13,15,17-19,21,23-25,28,31-32,34,36-55H2,1-5H3/b10-8-,16-14-,22-20-,27-26-,30-29-,35-33-. The first-order chi connectivity index (χ1) is 33.0. The van der Waals surface area contributed by atoms with Gasteiger partial charge in [0, 0.05) is 12.8 Å². The minimum absolute atomic E-state index is 0.0360. The van der Waals surface area contributed by atoms with Gasteiger partial charge >= 0.3 is 11.9 Å². The molecule has 0 bridgehead atoms. The summed E-state index contributed by atoms with van der Waals surface area (Å²) in [6.45, 7) is 4.12. The zero-order valence-electron chi connectivity index (χ0n) is 44.5. The van der Waals surface area contributed by atoms with Crippen LogP contribution in [0.4, 0.5) is 0 Å². The fourth-order valence-corrected chi connectivity index (χ4v) is 8.21.